The molecule has 0 saturated heterocycles. The summed E-state index contributed by atoms with van der Waals surface area (Å²) < 4.78 is 4.90. The fourth-order valence-electron chi connectivity index (χ4n) is 1.23. The number of nitrogens with zero attached hydrogens (tertiary/aromatic N) is 1. The predicted molar refractivity (Wildman–Crippen MR) is 65.4 cm³/mol. The fraction of sp³-hybridized carbons (Fsp3) is 0.455. The molecule has 0 aliphatic heterocycles. The summed E-state index contributed by atoms with van der Waals surface area (Å²) in [7, 11) is 0. The standard InChI is InChI=1S/C11H15ClN2O3/c1-3-17-11(16)8-5-13-10(12)4-9(8)14-7(2)6-15/h4-5,7,15H,3,6H2,1-2H3,(H,13,14). The van der Waals surface area contributed by atoms with E-state index < -0.39 is 5.97 Å². The first-order valence-electron chi connectivity index (χ1n) is 5.28. The highest BCUT2D eigenvalue weighted by molar-refractivity contribution is 6.29. The van der Waals surface area contributed by atoms with Gasteiger partial charge in [0, 0.05) is 12.2 Å². The number of ether oxygens (including phenoxy) is 1. The zero-order valence-electron chi connectivity index (χ0n) is 9.74. The maximum absolute atomic E-state index is 11.6. The third kappa shape index (κ3) is 3.87. The van der Waals surface area contributed by atoms with Crippen molar-refractivity contribution in [1.29, 1.82) is 0 Å². The molecule has 0 radical (unpaired) electrons. The number of carbonyl (C=O) groups is 1. The Balaban J connectivity index is 2.99. The van der Waals surface area contributed by atoms with Gasteiger partial charge in [-0.25, -0.2) is 9.78 Å². The van der Waals surface area contributed by atoms with Crippen LogP contribution in [0.3, 0.4) is 0 Å². The van der Waals surface area contributed by atoms with Crippen LogP contribution >= 0.6 is 11.6 Å². The third-order valence-corrected chi connectivity index (χ3v) is 2.25. The fourth-order valence-corrected chi connectivity index (χ4v) is 1.39. The van der Waals surface area contributed by atoms with Crippen LogP contribution in [0.2, 0.25) is 5.15 Å². The highest BCUT2D eigenvalue weighted by Crippen LogP contribution is 2.20. The Morgan fingerprint density at radius 2 is 2.41 bits per heavy atom. The molecule has 0 fully saturated rings. The monoisotopic (exact) mass is 258 g/mol. The van der Waals surface area contributed by atoms with E-state index >= 15 is 0 Å². The van der Waals surface area contributed by atoms with Gasteiger partial charge in [-0.15, -0.1) is 0 Å². The normalized spacial score (nSPS) is 12.0. The van der Waals surface area contributed by atoms with Crippen LogP contribution in [-0.2, 0) is 4.74 Å². The second-order valence-electron chi connectivity index (χ2n) is 3.50. The van der Waals surface area contributed by atoms with E-state index in [0.717, 1.165) is 0 Å². The molecule has 1 atom stereocenters. The SMILES string of the molecule is CCOC(=O)c1cnc(Cl)cc1NC(C)CO. The number of aromatic nitrogens is 1. The second-order valence-corrected chi connectivity index (χ2v) is 3.89. The number of aliphatic hydroxyl groups excluding tert-OH is 1. The van der Waals surface area contributed by atoms with Gasteiger partial charge in [0.2, 0.25) is 0 Å². The smallest absolute Gasteiger partial charge is 0.341 e. The van der Waals surface area contributed by atoms with Crippen LogP contribution in [-0.4, -0.2) is 35.3 Å². The summed E-state index contributed by atoms with van der Waals surface area (Å²) in [4.78, 5) is 15.5. The van der Waals surface area contributed by atoms with Crippen molar-refractivity contribution in [2.75, 3.05) is 18.5 Å². The number of nitrogens with one attached hydrogen (secondary N) is 1. The molecule has 2 N–H and O–H groups in total. The van der Waals surface area contributed by atoms with Gasteiger partial charge in [0.15, 0.2) is 0 Å². The molecule has 0 aliphatic carbocycles. The van der Waals surface area contributed by atoms with E-state index in [-0.39, 0.29) is 24.4 Å². The van der Waals surface area contributed by atoms with Gasteiger partial charge in [-0.3, -0.25) is 0 Å². The van der Waals surface area contributed by atoms with E-state index in [2.05, 4.69) is 10.3 Å². The zero-order valence-corrected chi connectivity index (χ0v) is 10.5. The summed E-state index contributed by atoms with van der Waals surface area (Å²) >= 11 is 5.76. The molecule has 0 aromatic carbocycles. The van der Waals surface area contributed by atoms with Crippen LogP contribution < -0.4 is 5.32 Å². The van der Waals surface area contributed by atoms with Crippen LogP contribution in [0.4, 0.5) is 5.69 Å². The number of hydrogen-bond acceptors (Lipinski definition) is 5. The average molecular weight is 259 g/mol. The Morgan fingerprint density at radius 3 is 3.00 bits per heavy atom. The number of anilines is 1. The van der Waals surface area contributed by atoms with Crippen LogP contribution in [0.15, 0.2) is 12.3 Å². The van der Waals surface area contributed by atoms with Gasteiger partial charge >= 0.3 is 5.97 Å². The maximum Gasteiger partial charge on any atom is 0.341 e. The molecule has 1 aromatic heterocycles. The van der Waals surface area contributed by atoms with Gasteiger partial charge in [-0.2, -0.15) is 0 Å². The summed E-state index contributed by atoms with van der Waals surface area (Å²) in [5.41, 5.74) is 0.807. The minimum absolute atomic E-state index is 0.0534. The molecule has 1 unspecified atom stereocenters. The van der Waals surface area contributed by atoms with Gasteiger partial charge in [0.25, 0.3) is 0 Å². The average Bonchev–Trinajstić information content (AvgIpc) is 2.29. The van der Waals surface area contributed by atoms with Crippen molar-refractivity contribution >= 4 is 23.3 Å². The first-order valence-corrected chi connectivity index (χ1v) is 5.66. The molecule has 1 aromatic rings. The van der Waals surface area contributed by atoms with Crippen molar-refractivity contribution in [3.05, 3.63) is 23.0 Å². The second kappa shape index (κ2) is 6.42. The van der Waals surface area contributed by atoms with Gasteiger partial charge in [-0.1, -0.05) is 11.6 Å². The Bertz CT molecular complexity index is 398. The van der Waals surface area contributed by atoms with E-state index in [9.17, 15) is 4.79 Å². The lowest BCUT2D eigenvalue weighted by molar-refractivity contribution is 0.0527. The molecule has 6 heteroatoms. The number of rotatable bonds is 5. The van der Waals surface area contributed by atoms with Gasteiger partial charge in [0.1, 0.15) is 10.7 Å². The van der Waals surface area contributed by atoms with Crippen LogP contribution in [0.5, 0.6) is 0 Å². The number of hydrogen-bond donors (Lipinski definition) is 2. The van der Waals surface area contributed by atoms with Gasteiger partial charge in [0.05, 0.1) is 18.9 Å². The Kier molecular flexibility index (Phi) is 5.18. The Labute approximate surface area is 105 Å². The quantitative estimate of drug-likeness (QED) is 0.621. The first kappa shape index (κ1) is 13.7. The number of carbonyl (C=O) groups excluding carboxylic acids is 1. The minimum atomic E-state index is -0.468. The third-order valence-electron chi connectivity index (χ3n) is 2.04. The number of aliphatic hydroxyl groups is 1. The molecule has 0 bridgehead atoms. The highest BCUT2D eigenvalue weighted by atomic mass is 35.5. The lowest BCUT2D eigenvalue weighted by Crippen LogP contribution is -2.21. The maximum atomic E-state index is 11.6. The molecular formula is C11H15ClN2O3. The number of halogens is 1. The van der Waals surface area contributed by atoms with E-state index in [1.54, 1.807) is 13.8 Å². The van der Waals surface area contributed by atoms with Crippen molar-refractivity contribution in [3.63, 3.8) is 0 Å². The molecule has 0 aliphatic rings. The number of pyridine rings is 1. The Hall–Kier alpha value is -1.33. The summed E-state index contributed by atoms with van der Waals surface area (Å²) in [6, 6.07) is 1.33. The minimum Gasteiger partial charge on any atom is -0.462 e. The van der Waals surface area contributed by atoms with Gasteiger partial charge in [-0.05, 0) is 19.9 Å². The summed E-state index contributed by atoms with van der Waals surface area (Å²) in [5, 5.41) is 12.2. The molecule has 94 valence electrons. The predicted octanol–water partition coefficient (Wildman–Crippen LogP) is 1.70. The molecule has 1 heterocycles. The Morgan fingerprint density at radius 1 is 1.71 bits per heavy atom. The zero-order chi connectivity index (χ0) is 12.8. The van der Waals surface area contributed by atoms with E-state index in [4.69, 9.17) is 21.4 Å². The van der Waals surface area contributed by atoms with E-state index in [0.29, 0.717) is 11.3 Å². The van der Waals surface area contributed by atoms with Gasteiger partial charge < -0.3 is 15.2 Å². The summed E-state index contributed by atoms with van der Waals surface area (Å²) in [6.45, 7) is 3.74. The topological polar surface area (TPSA) is 71.5 Å². The van der Waals surface area contributed by atoms with Crippen molar-refractivity contribution < 1.29 is 14.6 Å². The molecule has 0 spiro atoms. The van der Waals surface area contributed by atoms with Crippen molar-refractivity contribution in [3.8, 4) is 0 Å². The summed E-state index contributed by atoms with van der Waals surface area (Å²) in [5.74, 6) is -0.468. The van der Waals surface area contributed by atoms with E-state index in [1.165, 1.54) is 12.3 Å². The largest absolute Gasteiger partial charge is 0.462 e. The van der Waals surface area contributed by atoms with Crippen LogP contribution in [0.1, 0.15) is 24.2 Å². The van der Waals surface area contributed by atoms with Crippen LogP contribution in [0, 0.1) is 0 Å². The molecule has 17 heavy (non-hydrogen) atoms. The van der Waals surface area contributed by atoms with Crippen LogP contribution in [0.25, 0.3) is 0 Å². The van der Waals surface area contributed by atoms with Crippen molar-refractivity contribution in [2.45, 2.75) is 19.9 Å². The van der Waals surface area contributed by atoms with E-state index in [1.807, 2.05) is 0 Å². The summed E-state index contributed by atoms with van der Waals surface area (Å²) in [6.07, 6.45) is 1.35. The lowest BCUT2D eigenvalue weighted by Gasteiger charge is -2.15. The first-order chi connectivity index (χ1) is 8.08. The lowest BCUT2D eigenvalue weighted by atomic mass is 10.2. The number of esters is 1. The molecule has 0 amide bonds. The van der Waals surface area contributed by atoms with Crippen molar-refractivity contribution in [1.82, 2.24) is 4.98 Å². The molecule has 0 saturated carbocycles. The van der Waals surface area contributed by atoms with Crippen molar-refractivity contribution in [2.24, 2.45) is 0 Å². The molecular weight excluding hydrogens is 244 g/mol. The molecule has 1 rings (SSSR count). The highest BCUT2D eigenvalue weighted by Gasteiger charge is 2.15. The molecule has 5 nitrogen and oxygen atoms in total.